The molecular weight excluding hydrogens is 456 g/mol. The number of hydrogen-bond donors (Lipinski definition) is 1. The summed E-state index contributed by atoms with van der Waals surface area (Å²) in [5.74, 6) is 3.21. The highest BCUT2D eigenvalue weighted by Crippen LogP contribution is 2.25. The van der Waals surface area contributed by atoms with Crippen molar-refractivity contribution < 1.29 is 9.32 Å². The average molecular weight is 485 g/mol. The molecule has 1 aliphatic heterocycles. The first kappa shape index (κ1) is 23.8. The second kappa shape index (κ2) is 11.7. The summed E-state index contributed by atoms with van der Waals surface area (Å²) in [6.07, 6.45) is 1.68. The molecule has 1 aromatic heterocycles. The average Bonchev–Trinajstić information content (AvgIpc) is 3.28. The Hall–Kier alpha value is -2.35. The molecule has 0 saturated carbocycles. The third kappa shape index (κ3) is 6.82. The van der Waals surface area contributed by atoms with E-state index in [1.54, 1.807) is 0 Å². The highest BCUT2D eigenvalue weighted by atomic mass is 35.5. The molecule has 0 atom stereocenters. The number of aryl methyl sites for hydroxylation is 1. The summed E-state index contributed by atoms with van der Waals surface area (Å²) in [4.78, 5) is 19.3. The van der Waals surface area contributed by atoms with Gasteiger partial charge in [0.05, 0.1) is 11.6 Å². The highest BCUT2D eigenvalue weighted by Gasteiger charge is 2.26. The van der Waals surface area contributed by atoms with E-state index >= 15 is 0 Å². The van der Waals surface area contributed by atoms with Crippen molar-refractivity contribution in [2.45, 2.75) is 32.1 Å². The topological polar surface area (TPSA) is 71.3 Å². The number of likely N-dealkylation sites (tertiary alicyclic amines) is 1. The minimum atomic E-state index is 0.0735. The molecule has 8 heteroatoms. The van der Waals surface area contributed by atoms with Crippen molar-refractivity contribution in [3.05, 3.63) is 70.6 Å². The lowest BCUT2D eigenvalue weighted by atomic mass is 9.96. The molecule has 0 bridgehead atoms. The van der Waals surface area contributed by atoms with Gasteiger partial charge in [-0.3, -0.25) is 9.69 Å². The van der Waals surface area contributed by atoms with Crippen LogP contribution in [0.5, 0.6) is 0 Å². The molecule has 0 spiro atoms. The Bertz CT molecular complexity index is 1070. The zero-order chi connectivity index (χ0) is 23.0. The SMILES string of the molecule is Cc1cccc(CSCCNC(=O)C2CCN(Cc3nc(-c4ccccc4Cl)no3)CC2)c1. The second-order valence-corrected chi connectivity index (χ2v) is 9.89. The van der Waals surface area contributed by atoms with Gasteiger partial charge in [0.25, 0.3) is 0 Å². The van der Waals surface area contributed by atoms with Crippen molar-refractivity contribution in [1.82, 2.24) is 20.4 Å². The van der Waals surface area contributed by atoms with Crippen molar-refractivity contribution >= 4 is 29.3 Å². The third-order valence-corrected chi connectivity index (χ3v) is 7.16. The normalized spacial score (nSPS) is 15.0. The number of halogens is 1. The van der Waals surface area contributed by atoms with Gasteiger partial charge in [-0.1, -0.05) is 58.7 Å². The van der Waals surface area contributed by atoms with Crippen LogP contribution in [0.4, 0.5) is 0 Å². The number of benzene rings is 2. The Balaban J connectivity index is 1.15. The van der Waals surface area contributed by atoms with Gasteiger partial charge in [-0.15, -0.1) is 0 Å². The van der Waals surface area contributed by atoms with Crippen LogP contribution < -0.4 is 5.32 Å². The maximum Gasteiger partial charge on any atom is 0.241 e. The molecule has 33 heavy (non-hydrogen) atoms. The summed E-state index contributed by atoms with van der Waals surface area (Å²) in [6, 6.07) is 16.0. The monoisotopic (exact) mass is 484 g/mol. The molecule has 4 rings (SSSR count). The van der Waals surface area contributed by atoms with Gasteiger partial charge < -0.3 is 9.84 Å². The van der Waals surface area contributed by atoms with E-state index < -0.39 is 0 Å². The first-order valence-electron chi connectivity index (χ1n) is 11.3. The quantitative estimate of drug-likeness (QED) is 0.433. The summed E-state index contributed by atoms with van der Waals surface area (Å²) < 4.78 is 5.42. The van der Waals surface area contributed by atoms with Gasteiger partial charge >= 0.3 is 0 Å². The molecule has 2 aromatic carbocycles. The van der Waals surface area contributed by atoms with Crippen LogP contribution in [0.2, 0.25) is 5.02 Å². The van der Waals surface area contributed by atoms with Crippen molar-refractivity contribution in [3.63, 3.8) is 0 Å². The molecule has 1 N–H and O–H groups in total. The lowest BCUT2D eigenvalue weighted by Crippen LogP contribution is -2.40. The van der Waals surface area contributed by atoms with Gasteiger partial charge in [0.15, 0.2) is 0 Å². The van der Waals surface area contributed by atoms with Crippen LogP contribution in [0, 0.1) is 12.8 Å². The fourth-order valence-electron chi connectivity index (χ4n) is 4.00. The van der Waals surface area contributed by atoms with Gasteiger partial charge in [-0.2, -0.15) is 16.7 Å². The number of piperidine rings is 1. The molecule has 1 saturated heterocycles. The van der Waals surface area contributed by atoms with Crippen molar-refractivity contribution in [3.8, 4) is 11.4 Å². The van der Waals surface area contributed by atoms with E-state index in [1.807, 2.05) is 36.0 Å². The maximum absolute atomic E-state index is 12.5. The summed E-state index contributed by atoms with van der Waals surface area (Å²) in [7, 11) is 0. The highest BCUT2D eigenvalue weighted by molar-refractivity contribution is 7.98. The standard InChI is InChI=1S/C25H29ClN4O2S/c1-18-5-4-6-19(15-18)17-33-14-11-27-25(31)20-9-12-30(13-10-20)16-23-28-24(29-32-23)21-7-2-3-8-22(21)26/h2-8,15,20H,9-14,16-17H2,1H3,(H,27,31). The Morgan fingerprint density at radius 1 is 1.21 bits per heavy atom. The number of nitrogens with one attached hydrogen (secondary N) is 1. The lowest BCUT2D eigenvalue weighted by Gasteiger charge is -2.30. The number of aromatic nitrogens is 2. The minimum Gasteiger partial charge on any atom is -0.355 e. The van der Waals surface area contributed by atoms with Crippen molar-refractivity contribution in [1.29, 1.82) is 0 Å². The predicted molar refractivity (Wildman–Crippen MR) is 133 cm³/mol. The Morgan fingerprint density at radius 3 is 2.82 bits per heavy atom. The van der Waals surface area contributed by atoms with Crippen LogP contribution in [0.15, 0.2) is 53.1 Å². The van der Waals surface area contributed by atoms with E-state index in [9.17, 15) is 4.79 Å². The van der Waals surface area contributed by atoms with Crippen LogP contribution in [0.3, 0.4) is 0 Å². The van der Waals surface area contributed by atoms with Crippen LogP contribution >= 0.6 is 23.4 Å². The van der Waals surface area contributed by atoms with Crippen molar-refractivity contribution in [2.75, 3.05) is 25.4 Å². The van der Waals surface area contributed by atoms with Crippen LogP contribution in [0.1, 0.15) is 29.9 Å². The summed E-state index contributed by atoms with van der Waals surface area (Å²) in [5.41, 5.74) is 3.38. The second-order valence-electron chi connectivity index (χ2n) is 8.37. The number of amides is 1. The fourth-order valence-corrected chi connectivity index (χ4v) is 5.02. The van der Waals surface area contributed by atoms with E-state index in [0.717, 1.165) is 43.0 Å². The van der Waals surface area contributed by atoms with E-state index in [4.69, 9.17) is 16.1 Å². The molecule has 1 fully saturated rings. The Morgan fingerprint density at radius 2 is 2.03 bits per heavy atom. The number of nitrogens with zero attached hydrogens (tertiary/aromatic N) is 3. The van der Waals surface area contributed by atoms with E-state index in [2.05, 4.69) is 51.5 Å². The Labute approximate surface area is 204 Å². The van der Waals surface area contributed by atoms with Crippen LogP contribution in [-0.4, -0.2) is 46.3 Å². The lowest BCUT2D eigenvalue weighted by molar-refractivity contribution is -0.126. The smallest absolute Gasteiger partial charge is 0.241 e. The molecular formula is C25H29ClN4O2S. The molecule has 1 aliphatic rings. The van der Waals surface area contributed by atoms with Gasteiger partial charge in [0.1, 0.15) is 0 Å². The molecule has 6 nitrogen and oxygen atoms in total. The molecule has 0 aliphatic carbocycles. The van der Waals surface area contributed by atoms with E-state index in [0.29, 0.717) is 29.8 Å². The first-order valence-corrected chi connectivity index (χ1v) is 12.8. The number of rotatable bonds is 9. The van der Waals surface area contributed by atoms with Gasteiger partial charge in [-0.05, 0) is 50.6 Å². The largest absolute Gasteiger partial charge is 0.355 e. The van der Waals surface area contributed by atoms with Gasteiger partial charge in [0, 0.05) is 29.5 Å². The fraction of sp³-hybridized carbons (Fsp3) is 0.400. The number of hydrogen-bond acceptors (Lipinski definition) is 6. The summed E-state index contributed by atoms with van der Waals surface area (Å²) >= 11 is 8.07. The van der Waals surface area contributed by atoms with Crippen LogP contribution in [0.25, 0.3) is 11.4 Å². The third-order valence-electron chi connectivity index (χ3n) is 5.80. The number of carbonyl (C=O) groups excluding carboxylic acids is 1. The van der Waals surface area contributed by atoms with Gasteiger partial charge in [-0.25, -0.2) is 0 Å². The first-order chi connectivity index (χ1) is 16.1. The number of carbonyl (C=O) groups is 1. The predicted octanol–water partition coefficient (Wildman–Crippen LogP) is 4.96. The molecule has 2 heterocycles. The Kier molecular flexibility index (Phi) is 8.42. The van der Waals surface area contributed by atoms with E-state index in [1.165, 1.54) is 11.1 Å². The molecule has 0 unspecified atom stereocenters. The van der Waals surface area contributed by atoms with Crippen LogP contribution in [-0.2, 0) is 17.1 Å². The molecule has 1 amide bonds. The molecule has 174 valence electrons. The molecule has 0 radical (unpaired) electrons. The zero-order valence-electron chi connectivity index (χ0n) is 18.8. The molecule has 3 aromatic rings. The maximum atomic E-state index is 12.5. The van der Waals surface area contributed by atoms with Crippen molar-refractivity contribution in [2.24, 2.45) is 5.92 Å². The summed E-state index contributed by atoms with van der Waals surface area (Å²) in [6.45, 7) is 5.08. The zero-order valence-corrected chi connectivity index (χ0v) is 20.4. The summed E-state index contributed by atoms with van der Waals surface area (Å²) in [5, 5.41) is 7.78. The van der Waals surface area contributed by atoms with E-state index in [-0.39, 0.29) is 11.8 Å². The number of thioether (sulfide) groups is 1. The minimum absolute atomic E-state index is 0.0735. The van der Waals surface area contributed by atoms with Gasteiger partial charge in [0.2, 0.25) is 17.6 Å².